The van der Waals surface area contributed by atoms with Gasteiger partial charge < -0.3 is 10.2 Å². The molecule has 1 spiro atoms. The summed E-state index contributed by atoms with van der Waals surface area (Å²) in [6.07, 6.45) is 14.8. The van der Waals surface area contributed by atoms with Crippen LogP contribution in [-0.2, 0) is 0 Å². The number of piperidine rings is 2. The van der Waals surface area contributed by atoms with Crippen LogP contribution in [0.1, 0.15) is 64.2 Å². The lowest BCUT2D eigenvalue weighted by Gasteiger charge is -2.46. The first-order chi connectivity index (χ1) is 9.36. The first-order valence-electron chi connectivity index (χ1n) is 8.79. The van der Waals surface area contributed by atoms with Gasteiger partial charge in [-0.05, 0) is 62.9 Å². The maximum Gasteiger partial charge on any atom is 0.00503 e. The second kappa shape index (κ2) is 6.58. The van der Waals surface area contributed by atoms with Crippen LogP contribution in [0.3, 0.4) is 0 Å². The predicted molar refractivity (Wildman–Crippen MR) is 81.4 cm³/mol. The minimum atomic E-state index is 0.640. The average molecular weight is 264 g/mol. The molecule has 3 aliphatic rings. The second-order valence-electron chi connectivity index (χ2n) is 7.48. The van der Waals surface area contributed by atoms with Gasteiger partial charge in [0.15, 0.2) is 0 Å². The molecule has 3 rings (SSSR count). The van der Waals surface area contributed by atoms with Gasteiger partial charge in [-0.15, -0.1) is 0 Å². The number of hydrogen-bond acceptors (Lipinski definition) is 2. The van der Waals surface area contributed by atoms with Gasteiger partial charge in [-0.25, -0.2) is 0 Å². The van der Waals surface area contributed by atoms with Crippen LogP contribution in [0, 0.1) is 11.3 Å². The molecule has 19 heavy (non-hydrogen) atoms. The van der Waals surface area contributed by atoms with E-state index in [1.807, 2.05) is 0 Å². The first kappa shape index (κ1) is 13.9. The summed E-state index contributed by atoms with van der Waals surface area (Å²) in [5.74, 6) is 1.01. The van der Waals surface area contributed by atoms with Crippen LogP contribution < -0.4 is 5.32 Å². The normalized spacial score (nSPS) is 35.4. The molecule has 0 aromatic carbocycles. The van der Waals surface area contributed by atoms with Crippen LogP contribution in [0.25, 0.3) is 0 Å². The molecule has 1 saturated carbocycles. The van der Waals surface area contributed by atoms with E-state index in [4.69, 9.17) is 0 Å². The highest BCUT2D eigenvalue weighted by molar-refractivity contribution is 4.91. The van der Waals surface area contributed by atoms with Crippen molar-refractivity contribution in [3.05, 3.63) is 0 Å². The number of rotatable bonds is 2. The Bertz CT molecular complexity index is 257. The zero-order chi connectivity index (χ0) is 13.0. The summed E-state index contributed by atoms with van der Waals surface area (Å²) in [6.45, 7) is 6.70. The molecule has 0 amide bonds. The summed E-state index contributed by atoms with van der Waals surface area (Å²) in [4.78, 5) is 2.83. The Kier molecular flexibility index (Phi) is 4.81. The minimum absolute atomic E-state index is 0.640. The molecular formula is C17H32N2. The van der Waals surface area contributed by atoms with E-state index in [-0.39, 0.29) is 0 Å². The van der Waals surface area contributed by atoms with Gasteiger partial charge in [0.1, 0.15) is 0 Å². The van der Waals surface area contributed by atoms with Gasteiger partial charge in [-0.3, -0.25) is 0 Å². The van der Waals surface area contributed by atoms with E-state index < -0.39 is 0 Å². The van der Waals surface area contributed by atoms with Crippen LogP contribution in [0.5, 0.6) is 0 Å². The molecule has 1 aliphatic carbocycles. The molecule has 0 radical (unpaired) electrons. The maximum atomic E-state index is 3.65. The molecule has 1 N–H and O–H groups in total. The fourth-order valence-corrected chi connectivity index (χ4v) is 4.76. The molecule has 2 saturated heterocycles. The highest BCUT2D eigenvalue weighted by Gasteiger charge is 2.36. The van der Waals surface area contributed by atoms with Crippen molar-refractivity contribution in [1.29, 1.82) is 0 Å². The van der Waals surface area contributed by atoms with Crippen molar-refractivity contribution in [3.8, 4) is 0 Å². The van der Waals surface area contributed by atoms with Crippen molar-refractivity contribution in [2.24, 2.45) is 11.3 Å². The molecule has 1 atom stereocenters. The van der Waals surface area contributed by atoms with E-state index in [2.05, 4.69) is 10.2 Å². The van der Waals surface area contributed by atoms with Gasteiger partial charge in [-0.1, -0.05) is 25.7 Å². The summed E-state index contributed by atoms with van der Waals surface area (Å²) in [5.41, 5.74) is 0.640. The van der Waals surface area contributed by atoms with Crippen LogP contribution in [0.15, 0.2) is 0 Å². The molecule has 3 fully saturated rings. The Morgan fingerprint density at radius 1 is 0.947 bits per heavy atom. The van der Waals surface area contributed by atoms with Crippen LogP contribution >= 0.6 is 0 Å². The molecule has 110 valence electrons. The van der Waals surface area contributed by atoms with E-state index in [1.54, 1.807) is 0 Å². The SMILES string of the molecule is C1CCCC(CN2CCCC3(CCCNC3)C2)CC1. The summed E-state index contributed by atoms with van der Waals surface area (Å²) >= 11 is 0. The number of likely N-dealkylation sites (tertiary alicyclic amines) is 1. The van der Waals surface area contributed by atoms with E-state index in [0.29, 0.717) is 5.41 Å². The van der Waals surface area contributed by atoms with E-state index in [9.17, 15) is 0 Å². The third kappa shape index (κ3) is 3.72. The van der Waals surface area contributed by atoms with Gasteiger partial charge >= 0.3 is 0 Å². The lowest BCUT2D eigenvalue weighted by Crippen LogP contribution is -2.51. The standard InChI is InChI=1S/C17H32N2/c1-2-4-8-16(7-3-1)13-19-12-6-10-17(15-19)9-5-11-18-14-17/h16,18H,1-15H2. The Morgan fingerprint density at radius 3 is 2.47 bits per heavy atom. The molecule has 2 heterocycles. The van der Waals surface area contributed by atoms with Crippen LogP contribution in [0.4, 0.5) is 0 Å². The van der Waals surface area contributed by atoms with Gasteiger partial charge in [0.25, 0.3) is 0 Å². The molecule has 0 aromatic heterocycles. The quantitative estimate of drug-likeness (QED) is 0.769. The van der Waals surface area contributed by atoms with Gasteiger partial charge in [-0.2, -0.15) is 0 Å². The Labute approximate surface area is 119 Å². The number of nitrogens with one attached hydrogen (secondary N) is 1. The molecule has 2 nitrogen and oxygen atoms in total. The smallest absolute Gasteiger partial charge is 0.00503 e. The summed E-state index contributed by atoms with van der Waals surface area (Å²) < 4.78 is 0. The highest BCUT2D eigenvalue weighted by Crippen LogP contribution is 2.36. The average Bonchev–Trinajstić information content (AvgIpc) is 2.68. The van der Waals surface area contributed by atoms with E-state index >= 15 is 0 Å². The molecule has 2 heteroatoms. The van der Waals surface area contributed by atoms with Crippen molar-refractivity contribution in [2.75, 3.05) is 32.7 Å². The number of hydrogen-bond donors (Lipinski definition) is 1. The van der Waals surface area contributed by atoms with Crippen molar-refractivity contribution < 1.29 is 0 Å². The molecule has 1 unspecified atom stereocenters. The molecule has 0 aromatic rings. The number of nitrogens with zero attached hydrogens (tertiary/aromatic N) is 1. The van der Waals surface area contributed by atoms with Gasteiger partial charge in [0.05, 0.1) is 0 Å². The largest absolute Gasteiger partial charge is 0.316 e. The Hall–Kier alpha value is -0.0800. The summed E-state index contributed by atoms with van der Waals surface area (Å²) in [6, 6.07) is 0. The lowest BCUT2D eigenvalue weighted by atomic mass is 9.74. The zero-order valence-corrected chi connectivity index (χ0v) is 12.6. The fraction of sp³-hybridized carbons (Fsp3) is 1.00. The third-order valence-electron chi connectivity index (χ3n) is 5.79. The monoisotopic (exact) mass is 264 g/mol. The second-order valence-corrected chi connectivity index (χ2v) is 7.48. The zero-order valence-electron chi connectivity index (χ0n) is 12.6. The van der Waals surface area contributed by atoms with Crippen molar-refractivity contribution in [1.82, 2.24) is 10.2 Å². The topological polar surface area (TPSA) is 15.3 Å². The van der Waals surface area contributed by atoms with Crippen molar-refractivity contribution >= 4 is 0 Å². The molecular weight excluding hydrogens is 232 g/mol. The molecule has 2 aliphatic heterocycles. The fourth-order valence-electron chi connectivity index (χ4n) is 4.76. The van der Waals surface area contributed by atoms with Gasteiger partial charge in [0, 0.05) is 19.6 Å². The Morgan fingerprint density at radius 2 is 1.74 bits per heavy atom. The maximum absolute atomic E-state index is 3.65. The molecule has 0 bridgehead atoms. The minimum Gasteiger partial charge on any atom is -0.316 e. The third-order valence-corrected chi connectivity index (χ3v) is 5.79. The van der Waals surface area contributed by atoms with Gasteiger partial charge in [0.2, 0.25) is 0 Å². The Balaban J connectivity index is 1.52. The van der Waals surface area contributed by atoms with Crippen LogP contribution in [0.2, 0.25) is 0 Å². The van der Waals surface area contributed by atoms with E-state index in [0.717, 1.165) is 5.92 Å². The van der Waals surface area contributed by atoms with Crippen molar-refractivity contribution in [2.45, 2.75) is 64.2 Å². The summed E-state index contributed by atoms with van der Waals surface area (Å²) in [7, 11) is 0. The van der Waals surface area contributed by atoms with E-state index in [1.165, 1.54) is 96.9 Å². The van der Waals surface area contributed by atoms with Crippen LogP contribution in [-0.4, -0.2) is 37.6 Å². The lowest BCUT2D eigenvalue weighted by molar-refractivity contribution is 0.0532. The summed E-state index contributed by atoms with van der Waals surface area (Å²) in [5, 5.41) is 3.65. The van der Waals surface area contributed by atoms with Crippen molar-refractivity contribution in [3.63, 3.8) is 0 Å². The first-order valence-corrected chi connectivity index (χ1v) is 8.79. The highest BCUT2D eigenvalue weighted by atomic mass is 15.1. The predicted octanol–water partition coefficient (Wildman–Crippen LogP) is 3.42.